The van der Waals surface area contributed by atoms with Gasteiger partial charge in [0.05, 0.1) is 28.0 Å². The standard InChI is InChI=1S/C17H16F3N5O3S/c1-10-14(8-21-26-9-15-11(2)22-24-29-15)16(25(3)23-10)27-12-4-6-13(7-5-12)28-17(18,19)20/h4-8H,9H2,1-3H3/b21-8+. The number of ether oxygens (including phenoxy) is 2. The number of aryl methyl sites for hydroxylation is 3. The summed E-state index contributed by atoms with van der Waals surface area (Å²) in [6.45, 7) is 3.83. The zero-order chi connectivity index (χ0) is 21.0. The second kappa shape index (κ2) is 8.47. The van der Waals surface area contributed by atoms with Crippen molar-refractivity contribution in [3.63, 3.8) is 0 Å². The van der Waals surface area contributed by atoms with E-state index in [2.05, 4.69) is 24.6 Å². The minimum absolute atomic E-state index is 0.232. The summed E-state index contributed by atoms with van der Waals surface area (Å²) in [7, 11) is 1.67. The van der Waals surface area contributed by atoms with E-state index < -0.39 is 6.36 Å². The number of hydrogen-bond donors (Lipinski definition) is 0. The highest BCUT2D eigenvalue weighted by atomic mass is 32.1. The fourth-order valence-corrected chi connectivity index (χ4v) is 2.85. The third-order valence-electron chi connectivity index (χ3n) is 3.68. The van der Waals surface area contributed by atoms with E-state index in [1.807, 2.05) is 6.92 Å². The summed E-state index contributed by atoms with van der Waals surface area (Å²) in [5.74, 6) is 0.327. The van der Waals surface area contributed by atoms with Crippen molar-refractivity contribution >= 4 is 17.7 Å². The van der Waals surface area contributed by atoms with Crippen LogP contribution in [-0.2, 0) is 18.5 Å². The summed E-state index contributed by atoms with van der Waals surface area (Å²) in [4.78, 5) is 6.14. The molecule has 0 aliphatic rings. The van der Waals surface area contributed by atoms with Crippen LogP contribution >= 0.6 is 11.5 Å². The molecule has 3 aromatic rings. The van der Waals surface area contributed by atoms with Gasteiger partial charge in [0.2, 0.25) is 5.88 Å². The highest BCUT2D eigenvalue weighted by Gasteiger charge is 2.31. The van der Waals surface area contributed by atoms with Crippen molar-refractivity contribution in [2.24, 2.45) is 12.2 Å². The number of rotatable bonds is 7. The Morgan fingerprint density at radius 1 is 1.14 bits per heavy atom. The average molecular weight is 427 g/mol. The Labute approximate surface area is 167 Å². The Morgan fingerprint density at radius 3 is 2.45 bits per heavy atom. The van der Waals surface area contributed by atoms with Gasteiger partial charge in [-0.2, -0.15) is 5.10 Å². The van der Waals surface area contributed by atoms with Crippen molar-refractivity contribution in [2.45, 2.75) is 26.8 Å². The normalized spacial score (nSPS) is 11.8. The molecular weight excluding hydrogens is 411 g/mol. The third-order valence-corrected chi connectivity index (χ3v) is 4.48. The first-order chi connectivity index (χ1) is 13.7. The molecular formula is C17H16F3N5O3S. The maximum absolute atomic E-state index is 12.3. The molecule has 0 spiro atoms. The van der Waals surface area contributed by atoms with E-state index in [9.17, 15) is 13.2 Å². The number of aromatic nitrogens is 4. The van der Waals surface area contributed by atoms with Gasteiger partial charge >= 0.3 is 6.36 Å². The van der Waals surface area contributed by atoms with Gasteiger partial charge < -0.3 is 14.3 Å². The van der Waals surface area contributed by atoms with Crippen molar-refractivity contribution < 1.29 is 27.5 Å². The van der Waals surface area contributed by atoms with Crippen LogP contribution < -0.4 is 9.47 Å². The highest BCUT2D eigenvalue weighted by molar-refractivity contribution is 7.05. The first kappa shape index (κ1) is 20.6. The molecule has 2 heterocycles. The van der Waals surface area contributed by atoms with Crippen LogP contribution in [0.15, 0.2) is 29.4 Å². The minimum Gasteiger partial charge on any atom is -0.439 e. The molecule has 0 radical (unpaired) electrons. The van der Waals surface area contributed by atoms with Gasteiger partial charge in [-0.3, -0.25) is 0 Å². The second-order valence-corrected chi connectivity index (χ2v) is 6.68. The fourth-order valence-electron chi connectivity index (χ4n) is 2.31. The Balaban J connectivity index is 1.70. The van der Waals surface area contributed by atoms with Crippen LogP contribution in [0.4, 0.5) is 13.2 Å². The van der Waals surface area contributed by atoms with Gasteiger partial charge in [-0.15, -0.1) is 18.3 Å². The van der Waals surface area contributed by atoms with Crippen LogP contribution in [0.1, 0.15) is 21.8 Å². The van der Waals surface area contributed by atoms with Gasteiger partial charge in [-0.05, 0) is 49.6 Å². The van der Waals surface area contributed by atoms with Crippen molar-refractivity contribution in [3.05, 3.63) is 46.1 Å². The summed E-state index contributed by atoms with van der Waals surface area (Å²) < 4.78 is 51.7. The Morgan fingerprint density at radius 2 is 1.83 bits per heavy atom. The van der Waals surface area contributed by atoms with Gasteiger partial charge in [-0.1, -0.05) is 9.64 Å². The third kappa shape index (κ3) is 5.44. The molecule has 0 bridgehead atoms. The Hall–Kier alpha value is -3.15. The average Bonchev–Trinajstić information content (AvgIpc) is 3.16. The number of oxime groups is 1. The highest BCUT2D eigenvalue weighted by Crippen LogP contribution is 2.29. The van der Waals surface area contributed by atoms with Gasteiger partial charge in [-0.25, -0.2) is 4.68 Å². The molecule has 3 rings (SSSR count). The van der Waals surface area contributed by atoms with Crippen LogP contribution in [0.5, 0.6) is 17.4 Å². The molecule has 0 atom stereocenters. The monoisotopic (exact) mass is 427 g/mol. The summed E-state index contributed by atoms with van der Waals surface area (Å²) in [5, 5.41) is 12.1. The van der Waals surface area contributed by atoms with Crippen molar-refractivity contribution in [2.75, 3.05) is 0 Å². The van der Waals surface area contributed by atoms with E-state index in [0.29, 0.717) is 22.9 Å². The van der Waals surface area contributed by atoms with Crippen LogP contribution in [0, 0.1) is 13.8 Å². The first-order valence-electron chi connectivity index (χ1n) is 8.23. The molecule has 8 nitrogen and oxygen atoms in total. The lowest BCUT2D eigenvalue weighted by atomic mass is 10.3. The van der Waals surface area contributed by atoms with E-state index in [1.165, 1.54) is 34.6 Å². The summed E-state index contributed by atoms with van der Waals surface area (Å²) in [6, 6.07) is 5.05. The van der Waals surface area contributed by atoms with Crippen LogP contribution in [0.2, 0.25) is 0 Å². The predicted octanol–water partition coefficient (Wildman–Crippen LogP) is 4.13. The molecule has 0 saturated carbocycles. The van der Waals surface area contributed by atoms with Crippen molar-refractivity contribution in [1.82, 2.24) is 19.4 Å². The minimum atomic E-state index is -4.75. The number of benzene rings is 1. The van der Waals surface area contributed by atoms with E-state index in [0.717, 1.165) is 22.7 Å². The molecule has 0 aliphatic heterocycles. The zero-order valence-corrected chi connectivity index (χ0v) is 16.4. The zero-order valence-electron chi connectivity index (χ0n) is 15.6. The maximum Gasteiger partial charge on any atom is 0.573 e. The van der Waals surface area contributed by atoms with Crippen molar-refractivity contribution in [1.29, 1.82) is 0 Å². The Kier molecular flexibility index (Phi) is 6.01. The summed E-state index contributed by atoms with van der Waals surface area (Å²) >= 11 is 1.23. The molecule has 2 aromatic heterocycles. The van der Waals surface area contributed by atoms with Gasteiger partial charge in [0.15, 0.2) is 6.61 Å². The number of hydrogen-bond acceptors (Lipinski definition) is 8. The fraction of sp³-hybridized carbons (Fsp3) is 0.294. The second-order valence-electron chi connectivity index (χ2n) is 5.84. The van der Waals surface area contributed by atoms with E-state index in [4.69, 9.17) is 9.57 Å². The predicted molar refractivity (Wildman–Crippen MR) is 98.2 cm³/mol. The summed E-state index contributed by atoms with van der Waals surface area (Å²) in [6.07, 6.45) is -3.29. The SMILES string of the molecule is Cc1nnsc1CO/N=C/c1c(C)nn(C)c1Oc1ccc(OC(F)(F)F)cc1. The number of nitrogens with zero attached hydrogens (tertiary/aromatic N) is 5. The molecule has 0 fully saturated rings. The largest absolute Gasteiger partial charge is 0.573 e. The van der Waals surface area contributed by atoms with Gasteiger partial charge in [0.25, 0.3) is 0 Å². The molecule has 1 aromatic carbocycles. The number of alkyl halides is 3. The molecule has 12 heteroatoms. The van der Waals surface area contributed by atoms with Crippen LogP contribution in [-0.4, -0.2) is 31.9 Å². The lowest BCUT2D eigenvalue weighted by Crippen LogP contribution is -2.16. The molecule has 0 saturated heterocycles. The van der Waals surface area contributed by atoms with Gasteiger partial charge in [0, 0.05) is 7.05 Å². The lowest BCUT2D eigenvalue weighted by molar-refractivity contribution is -0.274. The Bertz CT molecular complexity index is 999. The van der Waals surface area contributed by atoms with Crippen molar-refractivity contribution in [3.8, 4) is 17.4 Å². The van der Waals surface area contributed by atoms with E-state index in [-0.39, 0.29) is 12.4 Å². The van der Waals surface area contributed by atoms with E-state index >= 15 is 0 Å². The quantitative estimate of drug-likeness (QED) is 0.417. The van der Waals surface area contributed by atoms with E-state index in [1.54, 1.807) is 14.0 Å². The number of halogens is 3. The topological polar surface area (TPSA) is 83.7 Å². The summed E-state index contributed by atoms with van der Waals surface area (Å²) in [5.41, 5.74) is 1.99. The maximum atomic E-state index is 12.3. The lowest BCUT2D eigenvalue weighted by Gasteiger charge is -2.10. The molecule has 154 valence electrons. The molecule has 29 heavy (non-hydrogen) atoms. The molecule has 0 amide bonds. The van der Waals surface area contributed by atoms with Crippen LogP contribution in [0.25, 0.3) is 0 Å². The van der Waals surface area contributed by atoms with Crippen LogP contribution in [0.3, 0.4) is 0 Å². The molecule has 0 unspecified atom stereocenters. The first-order valence-corrected chi connectivity index (χ1v) is 9.00. The molecule has 0 N–H and O–H groups in total. The van der Waals surface area contributed by atoms with Gasteiger partial charge in [0.1, 0.15) is 11.5 Å². The smallest absolute Gasteiger partial charge is 0.439 e. The molecule has 0 aliphatic carbocycles.